The third kappa shape index (κ3) is 4.25. The number of anilines is 1. The highest BCUT2D eigenvalue weighted by Crippen LogP contribution is 2.06. The average molecular weight is 203 g/mol. The number of amides is 1. The molecule has 1 aromatic heterocycles. The molecule has 0 spiro atoms. The topological polar surface area (TPSA) is 54.0 Å². The largest absolute Gasteiger partial charge is 0.324 e. The third-order valence-electron chi connectivity index (χ3n) is 1.67. The standard InChI is InChI=1S/C11H13N3O/c1-3-4-12-8-11(15)14-10-5-9(2)6-13-7-10/h1,5-7,12H,4,8H2,2H3,(H,14,15). The van der Waals surface area contributed by atoms with E-state index in [1.165, 1.54) is 0 Å². The number of aromatic nitrogens is 1. The van der Waals surface area contributed by atoms with Crippen molar-refractivity contribution >= 4 is 11.6 Å². The molecule has 0 saturated carbocycles. The molecule has 1 rings (SSSR count). The summed E-state index contributed by atoms with van der Waals surface area (Å²) in [4.78, 5) is 15.3. The first-order chi connectivity index (χ1) is 7.22. The number of rotatable bonds is 4. The first kappa shape index (κ1) is 11.2. The number of carbonyl (C=O) groups excluding carboxylic acids is 1. The Morgan fingerprint density at radius 1 is 1.60 bits per heavy atom. The maximum absolute atomic E-state index is 11.3. The van der Waals surface area contributed by atoms with Crippen LogP contribution in [0.3, 0.4) is 0 Å². The van der Waals surface area contributed by atoms with Crippen LogP contribution < -0.4 is 10.6 Å². The molecule has 78 valence electrons. The summed E-state index contributed by atoms with van der Waals surface area (Å²) in [6.45, 7) is 2.51. The number of pyridine rings is 1. The van der Waals surface area contributed by atoms with Gasteiger partial charge in [-0.25, -0.2) is 0 Å². The minimum Gasteiger partial charge on any atom is -0.324 e. The van der Waals surface area contributed by atoms with Gasteiger partial charge in [0.05, 0.1) is 25.0 Å². The van der Waals surface area contributed by atoms with Crippen LogP contribution in [0.5, 0.6) is 0 Å². The lowest BCUT2D eigenvalue weighted by Gasteiger charge is -2.05. The molecular weight excluding hydrogens is 190 g/mol. The molecule has 0 atom stereocenters. The van der Waals surface area contributed by atoms with E-state index in [1.54, 1.807) is 12.4 Å². The quantitative estimate of drug-likeness (QED) is 0.555. The average Bonchev–Trinajstić information content (AvgIpc) is 2.18. The molecule has 1 heterocycles. The molecule has 0 aliphatic rings. The van der Waals surface area contributed by atoms with Gasteiger partial charge in [0.2, 0.25) is 5.91 Å². The Hall–Kier alpha value is -1.86. The SMILES string of the molecule is C#CCNCC(=O)Nc1cncc(C)c1. The van der Waals surface area contributed by atoms with E-state index in [4.69, 9.17) is 6.42 Å². The van der Waals surface area contributed by atoms with Crippen LogP contribution in [-0.2, 0) is 4.79 Å². The van der Waals surface area contributed by atoms with E-state index in [0.717, 1.165) is 5.56 Å². The number of aryl methyl sites for hydroxylation is 1. The van der Waals surface area contributed by atoms with Crippen molar-refractivity contribution < 1.29 is 4.79 Å². The highest BCUT2D eigenvalue weighted by Gasteiger charge is 2.00. The molecule has 0 aromatic carbocycles. The maximum atomic E-state index is 11.3. The van der Waals surface area contributed by atoms with Crippen LogP contribution in [0.4, 0.5) is 5.69 Å². The zero-order valence-electron chi connectivity index (χ0n) is 8.58. The van der Waals surface area contributed by atoms with Gasteiger partial charge < -0.3 is 5.32 Å². The maximum Gasteiger partial charge on any atom is 0.238 e. The number of hydrogen-bond acceptors (Lipinski definition) is 3. The van der Waals surface area contributed by atoms with Gasteiger partial charge in [-0.15, -0.1) is 6.42 Å². The monoisotopic (exact) mass is 203 g/mol. The molecule has 0 aliphatic heterocycles. The van der Waals surface area contributed by atoms with Gasteiger partial charge in [0.25, 0.3) is 0 Å². The fourth-order valence-corrected chi connectivity index (χ4v) is 1.08. The molecule has 0 aliphatic carbocycles. The van der Waals surface area contributed by atoms with Crippen LogP contribution in [0.25, 0.3) is 0 Å². The van der Waals surface area contributed by atoms with Crippen molar-refractivity contribution in [3.05, 3.63) is 24.0 Å². The Labute approximate surface area is 89.1 Å². The van der Waals surface area contributed by atoms with Crippen LogP contribution >= 0.6 is 0 Å². The Morgan fingerprint density at radius 2 is 2.40 bits per heavy atom. The highest BCUT2D eigenvalue weighted by atomic mass is 16.1. The van der Waals surface area contributed by atoms with Crippen molar-refractivity contribution in [3.8, 4) is 12.3 Å². The normalized spacial score (nSPS) is 9.33. The van der Waals surface area contributed by atoms with Crippen LogP contribution in [-0.4, -0.2) is 24.0 Å². The van der Waals surface area contributed by atoms with Gasteiger partial charge in [-0.05, 0) is 18.6 Å². The lowest BCUT2D eigenvalue weighted by Crippen LogP contribution is -2.28. The first-order valence-corrected chi connectivity index (χ1v) is 4.58. The van der Waals surface area contributed by atoms with Gasteiger partial charge in [-0.1, -0.05) is 5.92 Å². The molecule has 0 radical (unpaired) electrons. The lowest BCUT2D eigenvalue weighted by atomic mass is 10.3. The molecule has 2 N–H and O–H groups in total. The van der Waals surface area contributed by atoms with Crippen molar-refractivity contribution in [1.29, 1.82) is 0 Å². The van der Waals surface area contributed by atoms with Crippen molar-refractivity contribution in [2.75, 3.05) is 18.4 Å². The molecule has 4 heteroatoms. The number of hydrogen-bond donors (Lipinski definition) is 2. The predicted molar refractivity (Wildman–Crippen MR) is 59.3 cm³/mol. The van der Waals surface area contributed by atoms with E-state index in [2.05, 4.69) is 21.5 Å². The molecule has 0 saturated heterocycles. The molecule has 0 fully saturated rings. The lowest BCUT2D eigenvalue weighted by molar-refractivity contribution is -0.115. The Kier molecular flexibility index (Phi) is 4.32. The summed E-state index contributed by atoms with van der Waals surface area (Å²) in [5.74, 6) is 2.27. The molecule has 1 amide bonds. The van der Waals surface area contributed by atoms with Crippen LogP contribution in [0.15, 0.2) is 18.5 Å². The molecule has 4 nitrogen and oxygen atoms in total. The number of terminal acetylenes is 1. The molecule has 0 bridgehead atoms. The molecular formula is C11H13N3O. The van der Waals surface area contributed by atoms with Crippen LogP contribution in [0.2, 0.25) is 0 Å². The summed E-state index contributed by atoms with van der Waals surface area (Å²) < 4.78 is 0. The van der Waals surface area contributed by atoms with Crippen molar-refractivity contribution in [2.24, 2.45) is 0 Å². The second-order valence-corrected chi connectivity index (χ2v) is 3.11. The van der Waals surface area contributed by atoms with Crippen LogP contribution in [0, 0.1) is 19.3 Å². The summed E-state index contributed by atoms with van der Waals surface area (Å²) in [5.41, 5.74) is 1.70. The van der Waals surface area contributed by atoms with Gasteiger partial charge in [-0.3, -0.25) is 15.1 Å². The van der Waals surface area contributed by atoms with E-state index in [9.17, 15) is 4.79 Å². The fourth-order valence-electron chi connectivity index (χ4n) is 1.08. The number of nitrogens with zero attached hydrogens (tertiary/aromatic N) is 1. The van der Waals surface area contributed by atoms with Gasteiger partial charge in [-0.2, -0.15) is 0 Å². The van der Waals surface area contributed by atoms with E-state index < -0.39 is 0 Å². The zero-order chi connectivity index (χ0) is 11.1. The Morgan fingerprint density at radius 3 is 3.07 bits per heavy atom. The van der Waals surface area contributed by atoms with Gasteiger partial charge in [0, 0.05) is 6.20 Å². The Balaban J connectivity index is 2.42. The van der Waals surface area contributed by atoms with E-state index in [1.807, 2.05) is 13.0 Å². The smallest absolute Gasteiger partial charge is 0.238 e. The second kappa shape index (κ2) is 5.78. The van der Waals surface area contributed by atoms with Gasteiger partial charge >= 0.3 is 0 Å². The van der Waals surface area contributed by atoms with Gasteiger partial charge in [0.1, 0.15) is 0 Å². The highest BCUT2D eigenvalue weighted by molar-refractivity contribution is 5.92. The van der Waals surface area contributed by atoms with Crippen molar-refractivity contribution in [3.63, 3.8) is 0 Å². The summed E-state index contributed by atoms with van der Waals surface area (Å²) in [7, 11) is 0. The first-order valence-electron chi connectivity index (χ1n) is 4.58. The predicted octanol–water partition coefficient (Wildman–Crippen LogP) is 0.551. The summed E-state index contributed by atoms with van der Waals surface area (Å²) in [6.07, 6.45) is 8.36. The Bertz CT molecular complexity index is 382. The van der Waals surface area contributed by atoms with Gasteiger partial charge in [0.15, 0.2) is 0 Å². The zero-order valence-corrected chi connectivity index (χ0v) is 8.58. The number of carbonyl (C=O) groups is 1. The van der Waals surface area contributed by atoms with E-state index in [-0.39, 0.29) is 12.5 Å². The second-order valence-electron chi connectivity index (χ2n) is 3.11. The molecule has 1 aromatic rings. The van der Waals surface area contributed by atoms with Crippen molar-refractivity contribution in [2.45, 2.75) is 6.92 Å². The molecule has 0 unspecified atom stereocenters. The van der Waals surface area contributed by atoms with Crippen molar-refractivity contribution in [1.82, 2.24) is 10.3 Å². The minimum atomic E-state index is -0.127. The summed E-state index contributed by atoms with van der Waals surface area (Å²) in [5, 5.41) is 5.51. The third-order valence-corrected chi connectivity index (χ3v) is 1.67. The molecule has 15 heavy (non-hydrogen) atoms. The summed E-state index contributed by atoms with van der Waals surface area (Å²) >= 11 is 0. The summed E-state index contributed by atoms with van der Waals surface area (Å²) in [6, 6.07) is 1.85. The van der Waals surface area contributed by atoms with E-state index in [0.29, 0.717) is 12.2 Å². The van der Waals surface area contributed by atoms with Crippen LogP contribution in [0.1, 0.15) is 5.56 Å². The van der Waals surface area contributed by atoms with E-state index >= 15 is 0 Å². The fraction of sp³-hybridized carbons (Fsp3) is 0.273. The number of nitrogens with one attached hydrogen (secondary N) is 2. The minimum absolute atomic E-state index is 0.127.